The van der Waals surface area contributed by atoms with E-state index < -0.39 is 0 Å². The molecule has 3 rings (SSSR count). The summed E-state index contributed by atoms with van der Waals surface area (Å²) in [5.41, 5.74) is 2.91. The molecule has 112 valence electrons. The van der Waals surface area contributed by atoms with Crippen molar-refractivity contribution in [1.29, 1.82) is 5.26 Å². The number of hydrogen-bond donors (Lipinski definition) is 1. The summed E-state index contributed by atoms with van der Waals surface area (Å²) in [5, 5.41) is 18.6. The van der Waals surface area contributed by atoms with Crippen LogP contribution in [0.1, 0.15) is 44.2 Å². The minimum atomic E-state index is 0.169. The zero-order chi connectivity index (χ0) is 15.0. The zero-order valence-electron chi connectivity index (χ0n) is 13.0. The van der Waals surface area contributed by atoms with Gasteiger partial charge >= 0.3 is 0 Å². The highest BCUT2D eigenvalue weighted by Crippen LogP contribution is 2.49. The molecule has 0 aromatic heterocycles. The van der Waals surface area contributed by atoms with E-state index in [1.54, 1.807) is 0 Å². The van der Waals surface area contributed by atoms with E-state index in [9.17, 15) is 5.11 Å². The number of piperidine rings is 1. The molecule has 1 aromatic rings. The van der Waals surface area contributed by atoms with Gasteiger partial charge in [-0.25, -0.2) is 0 Å². The number of phenolic OH excluding ortho intramolecular Hbond substituents is 1. The first kappa shape index (κ1) is 14.4. The fourth-order valence-electron chi connectivity index (χ4n) is 4.33. The van der Waals surface area contributed by atoms with E-state index >= 15 is 0 Å². The first-order chi connectivity index (χ1) is 10.1. The molecule has 0 saturated carbocycles. The number of aromatic hydroxyl groups is 1. The Bertz CT molecular complexity index is 577. The van der Waals surface area contributed by atoms with Crippen molar-refractivity contribution in [2.45, 2.75) is 51.0 Å². The molecule has 21 heavy (non-hydrogen) atoms. The number of likely N-dealkylation sites (tertiary alicyclic amines) is 1. The summed E-state index contributed by atoms with van der Waals surface area (Å²) < 4.78 is 0. The van der Waals surface area contributed by atoms with E-state index in [2.05, 4.69) is 30.9 Å². The molecule has 2 bridgehead atoms. The summed E-state index contributed by atoms with van der Waals surface area (Å²) >= 11 is 0. The topological polar surface area (TPSA) is 47.3 Å². The lowest BCUT2D eigenvalue weighted by Crippen LogP contribution is -2.58. The van der Waals surface area contributed by atoms with Gasteiger partial charge in [0.2, 0.25) is 0 Å². The zero-order valence-corrected chi connectivity index (χ0v) is 13.0. The Morgan fingerprint density at radius 2 is 2.29 bits per heavy atom. The molecule has 0 spiro atoms. The average Bonchev–Trinajstić information content (AvgIpc) is 2.46. The lowest BCUT2D eigenvalue weighted by molar-refractivity contribution is 0.0309. The molecular weight excluding hydrogens is 260 g/mol. The smallest absolute Gasteiger partial charge is 0.115 e. The van der Waals surface area contributed by atoms with Gasteiger partial charge in [0, 0.05) is 12.5 Å². The monoisotopic (exact) mass is 284 g/mol. The lowest BCUT2D eigenvalue weighted by Gasteiger charge is -2.54. The van der Waals surface area contributed by atoms with Crippen LogP contribution in [0.25, 0.3) is 0 Å². The minimum absolute atomic E-state index is 0.169. The number of benzene rings is 1. The number of nitrogens with zero attached hydrogens (tertiary/aromatic N) is 2. The van der Waals surface area contributed by atoms with Crippen molar-refractivity contribution in [3.8, 4) is 11.8 Å². The third-order valence-electron chi connectivity index (χ3n) is 5.84. The van der Waals surface area contributed by atoms with Gasteiger partial charge in [0.1, 0.15) is 5.75 Å². The number of phenols is 1. The summed E-state index contributed by atoms with van der Waals surface area (Å²) in [5.74, 6) is 0.972. The van der Waals surface area contributed by atoms with Crippen molar-refractivity contribution in [3.05, 3.63) is 29.3 Å². The number of nitriles is 1. The van der Waals surface area contributed by atoms with Crippen LogP contribution in [-0.4, -0.2) is 29.1 Å². The van der Waals surface area contributed by atoms with E-state index in [4.69, 9.17) is 5.26 Å². The van der Waals surface area contributed by atoms with E-state index in [1.807, 2.05) is 12.1 Å². The van der Waals surface area contributed by atoms with Crippen molar-refractivity contribution in [2.75, 3.05) is 13.1 Å². The highest BCUT2D eigenvalue weighted by molar-refractivity contribution is 5.44. The Kier molecular flexibility index (Phi) is 3.67. The second-order valence-electron chi connectivity index (χ2n) is 6.87. The summed E-state index contributed by atoms with van der Waals surface area (Å²) in [6.07, 6.45) is 3.82. The summed E-state index contributed by atoms with van der Waals surface area (Å²) in [4.78, 5) is 2.58. The highest BCUT2D eigenvalue weighted by atomic mass is 16.3. The Labute approximate surface area is 127 Å². The quantitative estimate of drug-likeness (QED) is 0.867. The molecule has 1 fully saturated rings. The number of unbranched alkanes of at least 4 members (excludes halogenated alkanes) is 1. The molecule has 3 nitrogen and oxygen atoms in total. The third-order valence-corrected chi connectivity index (χ3v) is 5.84. The standard InChI is InChI=1S/C18H24N2O/c1-13-17-11-14-5-6-15(21)12-16(14)18(13,2)7-10-20(17)9-4-3-8-19/h5-6,12-13,17,21H,3-4,7,9-11H2,1-2H3/t13-,17+,18+/m1/s1. The van der Waals surface area contributed by atoms with E-state index in [1.165, 1.54) is 11.1 Å². The largest absolute Gasteiger partial charge is 0.508 e. The molecule has 1 saturated heterocycles. The predicted molar refractivity (Wildman–Crippen MR) is 83.2 cm³/mol. The molecule has 0 unspecified atom stereocenters. The van der Waals surface area contributed by atoms with Gasteiger partial charge < -0.3 is 5.11 Å². The second kappa shape index (κ2) is 5.35. The maximum atomic E-state index is 9.84. The molecule has 3 atom stereocenters. The third kappa shape index (κ3) is 2.32. The fourth-order valence-corrected chi connectivity index (χ4v) is 4.33. The lowest BCUT2D eigenvalue weighted by atomic mass is 9.59. The summed E-state index contributed by atoms with van der Waals surface area (Å²) in [6.45, 7) is 6.85. The van der Waals surface area contributed by atoms with E-state index in [0.717, 1.165) is 32.4 Å². The van der Waals surface area contributed by atoms with Crippen molar-refractivity contribution >= 4 is 0 Å². The molecule has 1 heterocycles. The maximum Gasteiger partial charge on any atom is 0.115 e. The minimum Gasteiger partial charge on any atom is -0.508 e. The highest BCUT2D eigenvalue weighted by Gasteiger charge is 2.48. The maximum absolute atomic E-state index is 9.84. The summed E-state index contributed by atoms with van der Waals surface area (Å²) in [6, 6.07) is 8.71. The van der Waals surface area contributed by atoms with Crippen molar-refractivity contribution < 1.29 is 5.11 Å². The van der Waals surface area contributed by atoms with Crippen LogP contribution >= 0.6 is 0 Å². The molecule has 1 aliphatic carbocycles. The Balaban J connectivity index is 1.89. The predicted octanol–water partition coefficient (Wildman–Crippen LogP) is 3.22. The molecule has 2 aliphatic rings. The Hall–Kier alpha value is -1.53. The van der Waals surface area contributed by atoms with Crippen LogP contribution in [-0.2, 0) is 11.8 Å². The van der Waals surface area contributed by atoms with Gasteiger partial charge in [-0.05, 0) is 66.9 Å². The Morgan fingerprint density at radius 3 is 3.05 bits per heavy atom. The summed E-state index contributed by atoms with van der Waals surface area (Å²) in [7, 11) is 0. The van der Waals surface area contributed by atoms with Crippen molar-refractivity contribution in [1.82, 2.24) is 4.90 Å². The number of hydrogen-bond acceptors (Lipinski definition) is 3. The molecule has 1 aromatic carbocycles. The van der Waals surface area contributed by atoms with Gasteiger partial charge in [0.05, 0.1) is 6.07 Å². The Morgan fingerprint density at radius 1 is 1.48 bits per heavy atom. The normalized spacial score (nSPS) is 31.5. The SMILES string of the molecule is C[C@@H]1[C@@H]2Cc3ccc(O)cc3[C@@]1(C)CCN2CCCC#N. The first-order valence-corrected chi connectivity index (χ1v) is 7.99. The first-order valence-electron chi connectivity index (χ1n) is 7.99. The number of rotatable bonds is 3. The molecule has 3 heteroatoms. The molecule has 1 N–H and O–H groups in total. The van der Waals surface area contributed by atoms with Gasteiger partial charge in [0.25, 0.3) is 0 Å². The molecule has 1 aliphatic heterocycles. The molecule has 0 amide bonds. The van der Waals surface area contributed by atoms with Crippen molar-refractivity contribution in [2.24, 2.45) is 5.92 Å². The van der Waals surface area contributed by atoms with Crippen molar-refractivity contribution in [3.63, 3.8) is 0 Å². The van der Waals surface area contributed by atoms with Gasteiger partial charge in [-0.15, -0.1) is 0 Å². The van der Waals surface area contributed by atoms with Gasteiger partial charge in [-0.3, -0.25) is 4.90 Å². The van der Waals surface area contributed by atoms with Crippen LogP contribution in [0.3, 0.4) is 0 Å². The van der Waals surface area contributed by atoms with Gasteiger partial charge in [0.15, 0.2) is 0 Å². The molecule has 0 radical (unpaired) electrons. The van der Waals surface area contributed by atoms with E-state index in [0.29, 0.717) is 24.1 Å². The van der Waals surface area contributed by atoms with Crippen LogP contribution in [0.5, 0.6) is 5.75 Å². The van der Waals surface area contributed by atoms with Crippen LogP contribution < -0.4 is 0 Å². The fraction of sp³-hybridized carbons (Fsp3) is 0.611. The second-order valence-corrected chi connectivity index (χ2v) is 6.87. The average molecular weight is 284 g/mol. The van der Waals surface area contributed by atoms with Crippen LogP contribution in [0.15, 0.2) is 18.2 Å². The van der Waals surface area contributed by atoms with Gasteiger partial charge in [-0.1, -0.05) is 19.9 Å². The van der Waals surface area contributed by atoms with Crippen LogP contribution in [0.2, 0.25) is 0 Å². The van der Waals surface area contributed by atoms with Gasteiger partial charge in [-0.2, -0.15) is 5.26 Å². The van der Waals surface area contributed by atoms with E-state index in [-0.39, 0.29) is 5.41 Å². The molecular formula is C18H24N2O. The van der Waals surface area contributed by atoms with Crippen LogP contribution in [0, 0.1) is 17.2 Å². The number of fused-ring (bicyclic) bond motifs is 4. The van der Waals surface area contributed by atoms with Crippen LogP contribution in [0.4, 0.5) is 0 Å².